The first-order valence-corrected chi connectivity index (χ1v) is 10.7. The predicted octanol–water partition coefficient (Wildman–Crippen LogP) is 2.85. The van der Waals surface area contributed by atoms with Crippen LogP contribution in [0.5, 0.6) is 0 Å². The Bertz CT molecular complexity index is 885. The maximum Gasteiger partial charge on any atom is 0.247 e. The van der Waals surface area contributed by atoms with Gasteiger partial charge < -0.3 is 20.3 Å². The molecule has 1 atom stereocenters. The number of aryl methyl sites for hydroxylation is 1. The largest absolute Gasteiger partial charge is 0.383 e. The highest BCUT2D eigenvalue weighted by atomic mass is 16.5. The molecule has 0 saturated heterocycles. The first-order valence-electron chi connectivity index (χ1n) is 10.7. The standard InChI is InChI=1S/C24H32N4O4/c1-17(2)26-24(31)23(19-10-8-18(3)9-11-19)28(15-16-32-4)22(30)13-12-21(29)27-20-7-5-6-14-25-20/h5-11,14,17,23H,12-13,15-16H2,1-4H3,(H,26,31)(H,25,27,29)/t23-/m0/s1. The van der Waals surface area contributed by atoms with E-state index in [1.165, 1.54) is 12.0 Å². The fraction of sp³-hybridized carbons (Fsp3) is 0.417. The number of carbonyl (C=O) groups excluding carboxylic acids is 3. The third kappa shape index (κ3) is 7.77. The van der Waals surface area contributed by atoms with Crippen molar-refractivity contribution in [3.63, 3.8) is 0 Å². The van der Waals surface area contributed by atoms with E-state index in [0.717, 1.165) is 5.56 Å². The number of rotatable bonds is 11. The van der Waals surface area contributed by atoms with E-state index >= 15 is 0 Å². The average Bonchev–Trinajstić information content (AvgIpc) is 2.76. The van der Waals surface area contributed by atoms with Gasteiger partial charge in [-0.25, -0.2) is 4.98 Å². The van der Waals surface area contributed by atoms with E-state index in [-0.39, 0.29) is 49.8 Å². The Hall–Kier alpha value is -3.26. The Morgan fingerprint density at radius 3 is 2.38 bits per heavy atom. The van der Waals surface area contributed by atoms with Crippen LogP contribution in [0.3, 0.4) is 0 Å². The number of anilines is 1. The molecule has 1 aromatic heterocycles. The van der Waals surface area contributed by atoms with E-state index in [9.17, 15) is 14.4 Å². The molecule has 2 N–H and O–H groups in total. The normalized spacial score (nSPS) is 11.7. The Balaban J connectivity index is 2.19. The smallest absolute Gasteiger partial charge is 0.247 e. The second kappa shape index (κ2) is 12.6. The summed E-state index contributed by atoms with van der Waals surface area (Å²) in [6.07, 6.45) is 1.51. The van der Waals surface area contributed by atoms with Crippen LogP contribution in [0.1, 0.15) is 43.9 Å². The molecule has 2 rings (SSSR count). The number of ether oxygens (including phenoxy) is 1. The van der Waals surface area contributed by atoms with Crippen molar-refractivity contribution >= 4 is 23.5 Å². The second-order valence-corrected chi connectivity index (χ2v) is 7.82. The van der Waals surface area contributed by atoms with Crippen molar-refractivity contribution in [3.05, 3.63) is 59.8 Å². The van der Waals surface area contributed by atoms with Gasteiger partial charge in [0.05, 0.1) is 6.61 Å². The summed E-state index contributed by atoms with van der Waals surface area (Å²) in [5.41, 5.74) is 1.76. The SMILES string of the molecule is COCCN(C(=O)CCC(=O)Nc1ccccn1)[C@H](C(=O)NC(C)C)c1ccc(C)cc1. The average molecular weight is 441 g/mol. The van der Waals surface area contributed by atoms with Gasteiger partial charge in [0.1, 0.15) is 11.9 Å². The maximum atomic E-state index is 13.2. The van der Waals surface area contributed by atoms with Crippen molar-refractivity contribution in [2.24, 2.45) is 0 Å². The van der Waals surface area contributed by atoms with Gasteiger partial charge in [0.15, 0.2) is 0 Å². The summed E-state index contributed by atoms with van der Waals surface area (Å²) in [6.45, 7) is 6.19. The van der Waals surface area contributed by atoms with Crippen LogP contribution in [0.4, 0.5) is 5.82 Å². The quantitative estimate of drug-likeness (QED) is 0.560. The molecule has 0 saturated carbocycles. The molecule has 172 valence electrons. The van der Waals surface area contributed by atoms with E-state index in [1.807, 2.05) is 45.0 Å². The molecule has 0 aliphatic carbocycles. The summed E-state index contributed by atoms with van der Waals surface area (Å²) >= 11 is 0. The van der Waals surface area contributed by atoms with Crippen molar-refractivity contribution in [2.45, 2.75) is 45.7 Å². The number of pyridine rings is 1. The van der Waals surface area contributed by atoms with Gasteiger partial charge in [-0.2, -0.15) is 0 Å². The zero-order valence-corrected chi connectivity index (χ0v) is 19.1. The molecule has 0 radical (unpaired) electrons. The fourth-order valence-electron chi connectivity index (χ4n) is 3.18. The Morgan fingerprint density at radius 1 is 1.06 bits per heavy atom. The number of amides is 3. The van der Waals surface area contributed by atoms with Crippen molar-refractivity contribution in [1.29, 1.82) is 0 Å². The van der Waals surface area contributed by atoms with Crippen LogP contribution in [0, 0.1) is 6.92 Å². The van der Waals surface area contributed by atoms with Gasteiger partial charge in [-0.05, 0) is 38.5 Å². The lowest BCUT2D eigenvalue weighted by Gasteiger charge is -2.32. The van der Waals surface area contributed by atoms with E-state index in [0.29, 0.717) is 11.4 Å². The van der Waals surface area contributed by atoms with E-state index in [2.05, 4.69) is 15.6 Å². The second-order valence-electron chi connectivity index (χ2n) is 7.82. The number of carbonyl (C=O) groups is 3. The monoisotopic (exact) mass is 440 g/mol. The number of nitrogens with one attached hydrogen (secondary N) is 2. The molecule has 0 bridgehead atoms. The van der Waals surface area contributed by atoms with Crippen molar-refractivity contribution < 1.29 is 19.1 Å². The van der Waals surface area contributed by atoms with Crippen LogP contribution in [0.25, 0.3) is 0 Å². The molecule has 1 aromatic carbocycles. The topological polar surface area (TPSA) is 101 Å². The summed E-state index contributed by atoms with van der Waals surface area (Å²) in [7, 11) is 1.54. The van der Waals surface area contributed by atoms with Crippen LogP contribution in [0.15, 0.2) is 48.7 Å². The Kier molecular flexibility index (Phi) is 9.81. The highest BCUT2D eigenvalue weighted by Gasteiger charge is 2.31. The van der Waals surface area contributed by atoms with Gasteiger partial charge in [0.25, 0.3) is 0 Å². The molecule has 1 heterocycles. The number of hydrogen-bond donors (Lipinski definition) is 2. The molecule has 0 fully saturated rings. The van der Waals surface area contributed by atoms with E-state index < -0.39 is 6.04 Å². The van der Waals surface area contributed by atoms with E-state index in [4.69, 9.17) is 4.74 Å². The molecule has 2 aromatic rings. The molecular weight excluding hydrogens is 408 g/mol. The molecule has 0 spiro atoms. The molecule has 8 nitrogen and oxygen atoms in total. The number of methoxy groups -OCH3 is 1. The van der Waals surface area contributed by atoms with Crippen LogP contribution in [0.2, 0.25) is 0 Å². The molecule has 3 amide bonds. The summed E-state index contributed by atoms with van der Waals surface area (Å²) in [6, 6.07) is 11.8. The molecule has 0 aliphatic rings. The Labute approximate surface area is 189 Å². The fourth-order valence-corrected chi connectivity index (χ4v) is 3.18. The Morgan fingerprint density at radius 2 is 1.78 bits per heavy atom. The number of hydrogen-bond acceptors (Lipinski definition) is 5. The first-order chi connectivity index (χ1) is 15.3. The third-order valence-electron chi connectivity index (χ3n) is 4.74. The number of benzene rings is 1. The summed E-state index contributed by atoms with van der Waals surface area (Å²) in [4.78, 5) is 44.1. The van der Waals surface area contributed by atoms with Gasteiger partial charge in [-0.3, -0.25) is 14.4 Å². The zero-order valence-electron chi connectivity index (χ0n) is 19.1. The van der Waals surface area contributed by atoms with Gasteiger partial charge in [-0.1, -0.05) is 35.9 Å². The summed E-state index contributed by atoms with van der Waals surface area (Å²) in [5, 5.41) is 5.57. The van der Waals surface area contributed by atoms with Gasteiger partial charge in [0, 0.05) is 38.7 Å². The van der Waals surface area contributed by atoms with Gasteiger partial charge in [0.2, 0.25) is 17.7 Å². The van der Waals surface area contributed by atoms with Crippen LogP contribution in [-0.2, 0) is 19.1 Å². The third-order valence-corrected chi connectivity index (χ3v) is 4.74. The lowest BCUT2D eigenvalue weighted by molar-refractivity contribution is -0.142. The predicted molar refractivity (Wildman–Crippen MR) is 123 cm³/mol. The van der Waals surface area contributed by atoms with Crippen LogP contribution < -0.4 is 10.6 Å². The van der Waals surface area contributed by atoms with Crippen molar-refractivity contribution in [1.82, 2.24) is 15.2 Å². The highest BCUT2D eigenvalue weighted by Crippen LogP contribution is 2.23. The minimum absolute atomic E-state index is 0.0225. The lowest BCUT2D eigenvalue weighted by Crippen LogP contribution is -2.46. The first kappa shape index (κ1) is 25.0. The molecule has 8 heteroatoms. The summed E-state index contributed by atoms with van der Waals surface area (Å²) < 4.78 is 5.18. The van der Waals surface area contributed by atoms with Crippen molar-refractivity contribution in [3.8, 4) is 0 Å². The molecule has 32 heavy (non-hydrogen) atoms. The van der Waals surface area contributed by atoms with Gasteiger partial charge >= 0.3 is 0 Å². The van der Waals surface area contributed by atoms with Crippen LogP contribution >= 0.6 is 0 Å². The molecule has 0 unspecified atom stereocenters. The van der Waals surface area contributed by atoms with E-state index in [1.54, 1.807) is 24.4 Å². The summed E-state index contributed by atoms with van der Waals surface area (Å²) in [5.74, 6) is -0.466. The van der Waals surface area contributed by atoms with Crippen LogP contribution in [-0.4, -0.2) is 53.9 Å². The number of nitrogens with zero attached hydrogens (tertiary/aromatic N) is 2. The molecule has 0 aliphatic heterocycles. The maximum absolute atomic E-state index is 13.2. The van der Waals surface area contributed by atoms with Crippen molar-refractivity contribution in [2.75, 3.05) is 25.6 Å². The number of aromatic nitrogens is 1. The molecular formula is C24H32N4O4. The van der Waals surface area contributed by atoms with Gasteiger partial charge in [-0.15, -0.1) is 0 Å². The zero-order chi connectivity index (χ0) is 23.5. The minimum Gasteiger partial charge on any atom is -0.383 e. The lowest BCUT2D eigenvalue weighted by atomic mass is 10.0. The highest BCUT2D eigenvalue weighted by molar-refractivity contribution is 5.94. The minimum atomic E-state index is -0.820.